The quantitative estimate of drug-likeness (QED) is 0.608. The molecular formula is C28H24N2O2. The largest absolute Gasteiger partial charge is 0.497 e. The van der Waals surface area contributed by atoms with Gasteiger partial charge in [-0.15, -0.1) is 0 Å². The van der Waals surface area contributed by atoms with Gasteiger partial charge in [0, 0.05) is 29.2 Å². The second-order valence-corrected chi connectivity index (χ2v) is 8.30. The summed E-state index contributed by atoms with van der Waals surface area (Å²) < 4.78 is 11.8. The fraction of sp³-hybridized carbons (Fsp3) is 0.143. The molecule has 0 amide bonds. The molecule has 2 aliphatic heterocycles. The predicted octanol–water partition coefficient (Wildman–Crippen LogP) is 5.24. The first-order valence-electron chi connectivity index (χ1n) is 10.9. The molecule has 158 valence electrons. The van der Waals surface area contributed by atoms with Gasteiger partial charge in [-0.1, -0.05) is 66.7 Å². The van der Waals surface area contributed by atoms with E-state index < -0.39 is 0 Å². The van der Waals surface area contributed by atoms with E-state index in [1.807, 2.05) is 24.4 Å². The number of hydrogen-bond donors (Lipinski definition) is 2. The molecule has 0 radical (unpaired) electrons. The molecule has 1 aliphatic carbocycles. The molecule has 4 nitrogen and oxygen atoms in total. The minimum absolute atomic E-state index is 0.0235. The summed E-state index contributed by atoms with van der Waals surface area (Å²) in [7, 11) is 1.70. The van der Waals surface area contributed by atoms with Gasteiger partial charge in [-0.25, -0.2) is 5.43 Å². The van der Waals surface area contributed by atoms with Gasteiger partial charge in [-0.2, -0.15) is 0 Å². The van der Waals surface area contributed by atoms with Gasteiger partial charge >= 0.3 is 0 Å². The standard InChI is InChI=1S/C28H24N2O2/c1-31-21-13-11-19(12-14-21)25-24(18-7-3-2-4-8-18)22-9-5-6-10-23(22)28-26(25)27-20(15-16-32-28)17-29-30-27/h2-17,24-25,27,29-30H,1H3. The summed E-state index contributed by atoms with van der Waals surface area (Å²) in [6.07, 6.45) is 5.87. The monoisotopic (exact) mass is 420 g/mol. The maximum Gasteiger partial charge on any atom is 0.135 e. The highest BCUT2D eigenvalue weighted by Crippen LogP contribution is 2.53. The Morgan fingerprint density at radius 3 is 2.38 bits per heavy atom. The van der Waals surface area contributed by atoms with E-state index in [9.17, 15) is 0 Å². The third-order valence-corrected chi connectivity index (χ3v) is 6.66. The molecule has 0 fully saturated rings. The molecule has 3 aromatic rings. The fourth-order valence-electron chi connectivity index (χ4n) is 5.25. The number of rotatable bonds is 3. The number of methoxy groups -OCH3 is 1. The molecule has 3 aromatic carbocycles. The normalized spacial score (nSPS) is 23.2. The number of ether oxygens (including phenoxy) is 2. The summed E-state index contributed by atoms with van der Waals surface area (Å²) in [6, 6.07) is 27.9. The Bertz CT molecular complexity index is 1240. The van der Waals surface area contributed by atoms with E-state index >= 15 is 0 Å². The number of fused-ring (bicyclic) bond motifs is 4. The first-order chi connectivity index (χ1) is 15.8. The van der Waals surface area contributed by atoms with E-state index in [4.69, 9.17) is 9.47 Å². The van der Waals surface area contributed by atoms with Crippen molar-refractivity contribution in [2.75, 3.05) is 7.11 Å². The van der Waals surface area contributed by atoms with E-state index in [-0.39, 0.29) is 17.9 Å². The number of nitrogens with one attached hydrogen (secondary N) is 2. The number of benzene rings is 3. The number of hydrazine groups is 1. The van der Waals surface area contributed by atoms with E-state index in [0.717, 1.165) is 17.1 Å². The van der Waals surface area contributed by atoms with Crippen LogP contribution in [-0.2, 0) is 4.74 Å². The minimum Gasteiger partial charge on any atom is -0.497 e. The molecule has 0 spiro atoms. The van der Waals surface area contributed by atoms with Crippen LogP contribution in [0.4, 0.5) is 0 Å². The van der Waals surface area contributed by atoms with Crippen molar-refractivity contribution in [3.05, 3.63) is 131 Å². The molecule has 2 N–H and O–H groups in total. The topological polar surface area (TPSA) is 42.5 Å². The second-order valence-electron chi connectivity index (χ2n) is 8.30. The highest BCUT2D eigenvalue weighted by molar-refractivity contribution is 5.76. The van der Waals surface area contributed by atoms with Crippen LogP contribution < -0.4 is 15.6 Å². The molecule has 3 aliphatic rings. The molecule has 0 saturated heterocycles. The summed E-state index contributed by atoms with van der Waals surface area (Å²) in [4.78, 5) is 0. The average molecular weight is 421 g/mol. The van der Waals surface area contributed by atoms with E-state index in [1.54, 1.807) is 13.4 Å². The van der Waals surface area contributed by atoms with Gasteiger partial charge in [0.15, 0.2) is 0 Å². The van der Waals surface area contributed by atoms with Crippen LogP contribution in [0.15, 0.2) is 109 Å². The lowest BCUT2D eigenvalue weighted by atomic mass is 9.66. The molecule has 0 bridgehead atoms. The Morgan fingerprint density at radius 1 is 0.812 bits per heavy atom. The van der Waals surface area contributed by atoms with Crippen molar-refractivity contribution in [2.24, 2.45) is 0 Å². The maximum atomic E-state index is 6.32. The highest BCUT2D eigenvalue weighted by Gasteiger charge is 2.43. The van der Waals surface area contributed by atoms with Crippen LogP contribution in [0.2, 0.25) is 0 Å². The third-order valence-electron chi connectivity index (χ3n) is 6.66. The third kappa shape index (κ3) is 2.95. The van der Waals surface area contributed by atoms with Gasteiger partial charge in [-0.3, -0.25) is 0 Å². The summed E-state index contributed by atoms with van der Waals surface area (Å²) in [5.41, 5.74) is 14.1. The number of hydrogen-bond acceptors (Lipinski definition) is 4. The fourth-order valence-corrected chi connectivity index (χ4v) is 5.25. The van der Waals surface area contributed by atoms with Gasteiger partial charge in [0.1, 0.15) is 11.5 Å². The van der Waals surface area contributed by atoms with Crippen molar-refractivity contribution in [2.45, 2.75) is 17.9 Å². The lowest BCUT2D eigenvalue weighted by molar-refractivity contribution is 0.413. The van der Waals surface area contributed by atoms with E-state index in [0.29, 0.717) is 0 Å². The van der Waals surface area contributed by atoms with Crippen LogP contribution in [0, 0.1) is 0 Å². The van der Waals surface area contributed by atoms with Crippen molar-refractivity contribution in [3.63, 3.8) is 0 Å². The lowest BCUT2D eigenvalue weighted by Gasteiger charge is -2.39. The van der Waals surface area contributed by atoms with Crippen molar-refractivity contribution in [1.82, 2.24) is 10.9 Å². The molecule has 2 heterocycles. The van der Waals surface area contributed by atoms with Gasteiger partial charge in [0.2, 0.25) is 0 Å². The molecule has 0 aromatic heterocycles. The van der Waals surface area contributed by atoms with Gasteiger partial charge in [0.05, 0.1) is 19.4 Å². The molecule has 0 saturated carbocycles. The van der Waals surface area contributed by atoms with Gasteiger partial charge < -0.3 is 14.9 Å². The Balaban J connectivity index is 1.64. The predicted molar refractivity (Wildman–Crippen MR) is 126 cm³/mol. The van der Waals surface area contributed by atoms with Crippen molar-refractivity contribution >= 4 is 5.76 Å². The minimum atomic E-state index is 0.0235. The summed E-state index contributed by atoms with van der Waals surface area (Å²) >= 11 is 0. The Morgan fingerprint density at radius 2 is 1.56 bits per heavy atom. The SMILES string of the molecule is COc1ccc(C2C3=C(OC=CC4=CNNC43)c3ccccc3C2c2ccccc2)cc1. The zero-order chi connectivity index (χ0) is 21.5. The zero-order valence-corrected chi connectivity index (χ0v) is 17.8. The van der Waals surface area contributed by atoms with Crippen LogP contribution in [0.1, 0.15) is 34.1 Å². The Hall–Kier alpha value is -3.76. The Labute approximate surface area is 187 Å². The van der Waals surface area contributed by atoms with E-state index in [1.165, 1.54) is 27.8 Å². The van der Waals surface area contributed by atoms with Crippen LogP contribution in [0.25, 0.3) is 5.76 Å². The van der Waals surface area contributed by atoms with E-state index in [2.05, 4.69) is 77.6 Å². The summed E-state index contributed by atoms with van der Waals surface area (Å²) in [6.45, 7) is 0. The lowest BCUT2D eigenvalue weighted by Crippen LogP contribution is -2.38. The van der Waals surface area contributed by atoms with Crippen LogP contribution in [-0.4, -0.2) is 13.2 Å². The van der Waals surface area contributed by atoms with Gasteiger partial charge in [-0.05, 0) is 40.5 Å². The zero-order valence-electron chi connectivity index (χ0n) is 17.8. The first kappa shape index (κ1) is 19.0. The second kappa shape index (κ2) is 7.74. The first-order valence-corrected chi connectivity index (χ1v) is 10.9. The molecular weight excluding hydrogens is 396 g/mol. The molecule has 4 heteroatoms. The smallest absolute Gasteiger partial charge is 0.135 e. The van der Waals surface area contributed by atoms with Crippen molar-refractivity contribution < 1.29 is 9.47 Å². The molecule has 32 heavy (non-hydrogen) atoms. The maximum absolute atomic E-state index is 6.32. The molecule has 3 atom stereocenters. The van der Waals surface area contributed by atoms with Crippen LogP contribution >= 0.6 is 0 Å². The van der Waals surface area contributed by atoms with Crippen LogP contribution in [0.5, 0.6) is 5.75 Å². The average Bonchev–Trinajstić information content (AvgIpc) is 3.24. The molecule has 6 rings (SSSR count). The van der Waals surface area contributed by atoms with Gasteiger partial charge in [0.25, 0.3) is 0 Å². The van der Waals surface area contributed by atoms with Crippen molar-refractivity contribution in [3.8, 4) is 5.75 Å². The summed E-state index contributed by atoms with van der Waals surface area (Å²) in [5, 5.41) is 0. The summed E-state index contributed by atoms with van der Waals surface area (Å²) in [5.74, 6) is 2.05. The molecule has 3 unspecified atom stereocenters. The highest BCUT2D eigenvalue weighted by atomic mass is 16.5. The van der Waals surface area contributed by atoms with Crippen molar-refractivity contribution in [1.29, 1.82) is 0 Å². The van der Waals surface area contributed by atoms with Crippen LogP contribution in [0.3, 0.4) is 0 Å². The Kier molecular flexibility index (Phi) is 4.58.